The van der Waals surface area contributed by atoms with Crippen LogP contribution < -0.4 is 10.5 Å². The van der Waals surface area contributed by atoms with Gasteiger partial charge < -0.3 is 10.5 Å². The van der Waals surface area contributed by atoms with Crippen molar-refractivity contribution in [3.05, 3.63) is 52.3 Å². The molecule has 0 fully saturated rings. The molecule has 3 N–H and O–H groups in total. The van der Waals surface area contributed by atoms with Crippen molar-refractivity contribution in [1.82, 2.24) is 15.2 Å². The fourth-order valence-corrected chi connectivity index (χ4v) is 3.79. The summed E-state index contributed by atoms with van der Waals surface area (Å²) in [4.78, 5) is 15.0. The van der Waals surface area contributed by atoms with Crippen molar-refractivity contribution in [1.29, 1.82) is 0 Å². The first-order valence-electron chi connectivity index (χ1n) is 7.71. The van der Waals surface area contributed by atoms with E-state index >= 15 is 0 Å². The molecule has 0 spiro atoms. The van der Waals surface area contributed by atoms with E-state index in [2.05, 4.69) is 15.2 Å². The number of benzene rings is 2. The number of halogens is 1. The lowest BCUT2D eigenvalue weighted by molar-refractivity contribution is -0.384. The SMILES string of the molecule is COc1cc2sc(-c3c(N)n[nH]c3-c3cccc([N+](=O)[O-])c3)nc2cc1F. The monoisotopic (exact) mass is 385 g/mol. The highest BCUT2D eigenvalue weighted by Gasteiger charge is 2.20. The summed E-state index contributed by atoms with van der Waals surface area (Å²) in [7, 11) is 1.39. The smallest absolute Gasteiger partial charge is 0.270 e. The van der Waals surface area contributed by atoms with Crippen LogP contribution in [0.25, 0.3) is 32.0 Å². The van der Waals surface area contributed by atoms with E-state index in [0.717, 1.165) is 0 Å². The van der Waals surface area contributed by atoms with Gasteiger partial charge in [-0.2, -0.15) is 5.10 Å². The summed E-state index contributed by atoms with van der Waals surface area (Å²) < 4.78 is 19.7. The van der Waals surface area contributed by atoms with Crippen LogP contribution in [0, 0.1) is 15.9 Å². The number of methoxy groups -OCH3 is 1. The highest BCUT2D eigenvalue weighted by molar-refractivity contribution is 7.21. The minimum absolute atomic E-state index is 0.0530. The molecule has 2 aromatic heterocycles. The summed E-state index contributed by atoms with van der Waals surface area (Å²) in [5.74, 6) is -0.194. The number of nitrogens with two attached hydrogens (primary N) is 1. The minimum Gasteiger partial charge on any atom is -0.494 e. The molecule has 136 valence electrons. The average Bonchev–Trinajstić information content (AvgIpc) is 3.23. The van der Waals surface area contributed by atoms with Gasteiger partial charge >= 0.3 is 0 Å². The molecule has 2 heterocycles. The van der Waals surface area contributed by atoms with Crippen molar-refractivity contribution in [2.24, 2.45) is 0 Å². The number of nitrogens with zero attached hydrogens (tertiary/aromatic N) is 3. The van der Waals surface area contributed by atoms with E-state index in [4.69, 9.17) is 10.5 Å². The molecule has 10 heteroatoms. The highest BCUT2D eigenvalue weighted by atomic mass is 32.1. The molecular formula is C17H12FN5O3S. The Bertz CT molecular complexity index is 1190. The number of nitrogen functional groups attached to an aromatic ring is 1. The second-order valence-electron chi connectivity index (χ2n) is 5.64. The van der Waals surface area contributed by atoms with Crippen molar-refractivity contribution >= 4 is 33.1 Å². The maximum Gasteiger partial charge on any atom is 0.270 e. The molecule has 0 amide bonds. The predicted molar refractivity (Wildman–Crippen MR) is 100 cm³/mol. The number of aromatic amines is 1. The first kappa shape index (κ1) is 16.9. The molecule has 0 unspecified atom stereocenters. The van der Waals surface area contributed by atoms with E-state index < -0.39 is 10.7 Å². The van der Waals surface area contributed by atoms with Crippen molar-refractivity contribution in [3.8, 4) is 27.6 Å². The summed E-state index contributed by atoms with van der Waals surface area (Å²) in [5, 5.41) is 18.4. The quantitative estimate of drug-likeness (QED) is 0.405. The van der Waals surface area contributed by atoms with Gasteiger partial charge in [-0.25, -0.2) is 9.37 Å². The largest absolute Gasteiger partial charge is 0.494 e. The fourth-order valence-electron chi connectivity index (χ4n) is 2.75. The second kappa shape index (κ2) is 6.32. The van der Waals surface area contributed by atoms with Gasteiger partial charge in [-0.15, -0.1) is 11.3 Å². The number of rotatable bonds is 4. The topological polar surface area (TPSA) is 120 Å². The van der Waals surface area contributed by atoms with Crippen LogP contribution in [0.15, 0.2) is 36.4 Å². The van der Waals surface area contributed by atoms with Gasteiger partial charge in [-0.3, -0.25) is 15.2 Å². The Labute approximate surface area is 155 Å². The third kappa shape index (κ3) is 2.85. The Balaban J connectivity index is 1.88. The number of anilines is 1. The van der Waals surface area contributed by atoms with Crippen LogP contribution in [0.5, 0.6) is 5.75 Å². The first-order valence-corrected chi connectivity index (χ1v) is 8.52. The minimum atomic E-state index is -0.513. The van der Waals surface area contributed by atoms with Crippen molar-refractivity contribution < 1.29 is 14.1 Å². The zero-order valence-electron chi connectivity index (χ0n) is 13.9. The lowest BCUT2D eigenvalue weighted by Gasteiger charge is -2.01. The maximum absolute atomic E-state index is 13.9. The van der Waals surface area contributed by atoms with Gasteiger partial charge in [0.1, 0.15) is 5.01 Å². The number of non-ortho nitro benzene ring substituents is 1. The standard InChI is InChI=1S/C17H12FN5O3S/c1-26-12-7-13-11(6-10(12)18)20-17(27-13)14-15(21-22-16(14)19)8-3-2-4-9(5-8)23(24)25/h2-7H,1H3,(H3,19,21,22). The molecule has 0 saturated heterocycles. The predicted octanol–water partition coefficient (Wildman–Crippen LogP) is 3.99. The molecule has 0 aliphatic heterocycles. The number of thiazole rings is 1. The Kier molecular flexibility index (Phi) is 3.96. The van der Waals surface area contributed by atoms with Crippen LogP contribution in [-0.4, -0.2) is 27.2 Å². The molecular weight excluding hydrogens is 373 g/mol. The number of nitro benzene ring substituents is 1. The molecule has 0 bridgehead atoms. The average molecular weight is 385 g/mol. The molecule has 0 aliphatic carbocycles. The normalized spacial score (nSPS) is 11.0. The van der Waals surface area contributed by atoms with Crippen LogP contribution in [-0.2, 0) is 0 Å². The van der Waals surface area contributed by atoms with Gasteiger partial charge in [0.25, 0.3) is 5.69 Å². The van der Waals surface area contributed by atoms with Crippen molar-refractivity contribution in [2.75, 3.05) is 12.8 Å². The van der Waals surface area contributed by atoms with Gasteiger partial charge in [-0.1, -0.05) is 12.1 Å². The summed E-state index contributed by atoms with van der Waals surface area (Å²) >= 11 is 1.30. The highest BCUT2D eigenvalue weighted by Crippen LogP contribution is 2.40. The number of hydrogen-bond acceptors (Lipinski definition) is 7. The van der Waals surface area contributed by atoms with Crippen LogP contribution in [0.2, 0.25) is 0 Å². The Morgan fingerprint density at radius 3 is 2.89 bits per heavy atom. The molecule has 27 heavy (non-hydrogen) atoms. The zero-order valence-corrected chi connectivity index (χ0v) is 14.7. The number of fused-ring (bicyclic) bond motifs is 1. The third-order valence-corrected chi connectivity index (χ3v) is 5.05. The Morgan fingerprint density at radius 2 is 2.15 bits per heavy atom. The summed E-state index contributed by atoms with van der Waals surface area (Å²) in [6.07, 6.45) is 0. The first-order chi connectivity index (χ1) is 13.0. The maximum atomic E-state index is 13.9. The number of nitrogens with one attached hydrogen (secondary N) is 1. The van der Waals surface area contributed by atoms with E-state index in [1.165, 1.54) is 36.6 Å². The van der Waals surface area contributed by atoms with Crippen LogP contribution in [0.1, 0.15) is 0 Å². The van der Waals surface area contributed by atoms with E-state index in [0.29, 0.717) is 32.0 Å². The molecule has 0 atom stereocenters. The summed E-state index contributed by atoms with van der Waals surface area (Å²) in [6.45, 7) is 0. The van der Waals surface area contributed by atoms with E-state index in [-0.39, 0.29) is 17.3 Å². The molecule has 4 rings (SSSR count). The van der Waals surface area contributed by atoms with Gasteiger partial charge in [0.2, 0.25) is 0 Å². The molecule has 8 nitrogen and oxygen atoms in total. The Hall–Kier alpha value is -3.53. The summed E-state index contributed by atoms with van der Waals surface area (Å²) in [5.41, 5.74) is 7.97. The van der Waals surface area contributed by atoms with E-state index in [1.54, 1.807) is 18.2 Å². The number of H-pyrrole nitrogens is 1. The second-order valence-corrected chi connectivity index (χ2v) is 6.67. The van der Waals surface area contributed by atoms with Gasteiger partial charge in [-0.05, 0) is 0 Å². The van der Waals surface area contributed by atoms with Crippen LogP contribution in [0.3, 0.4) is 0 Å². The third-order valence-electron chi connectivity index (χ3n) is 4.02. The zero-order chi connectivity index (χ0) is 19.1. The molecule has 0 saturated carbocycles. The molecule has 0 aliphatic rings. The van der Waals surface area contributed by atoms with Crippen molar-refractivity contribution in [3.63, 3.8) is 0 Å². The molecule has 2 aromatic carbocycles. The van der Waals surface area contributed by atoms with E-state index in [9.17, 15) is 14.5 Å². The van der Waals surface area contributed by atoms with E-state index in [1.807, 2.05) is 0 Å². The number of aromatic nitrogens is 3. The number of ether oxygens (including phenoxy) is 1. The Morgan fingerprint density at radius 1 is 1.33 bits per heavy atom. The molecule has 4 aromatic rings. The van der Waals surface area contributed by atoms with Gasteiger partial charge in [0.15, 0.2) is 17.4 Å². The molecule has 0 radical (unpaired) electrons. The van der Waals surface area contributed by atoms with Gasteiger partial charge in [0.05, 0.1) is 33.5 Å². The number of hydrogen-bond donors (Lipinski definition) is 2. The van der Waals surface area contributed by atoms with Crippen molar-refractivity contribution in [2.45, 2.75) is 0 Å². The van der Waals surface area contributed by atoms with Gasteiger partial charge in [0, 0.05) is 29.8 Å². The van der Waals surface area contributed by atoms with Crippen LogP contribution >= 0.6 is 11.3 Å². The number of nitro groups is 1. The van der Waals surface area contributed by atoms with Crippen LogP contribution in [0.4, 0.5) is 15.9 Å². The fraction of sp³-hybridized carbons (Fsp3) is 0.0588. The lowest BCUT2D eigenvalue weighted by atomic mass is 10.1. The summed E-state index contributed by atoms with van der Waals surface area (Å²) in [6, 6.07) is 8.96. The lowest BCUT2D eigenvalue weighted by Crippen LogP contribution is -1.90.